The van der Waals surface area contributed by atoms with E-state index in [0.29, 0.717) is 18.5 Å². The fourth-order valence-corrected chi connectivity index (χ4v) is 2.79. The number of Topliss-reactive ketones (excluding diaryl/α,β-unsaturated/α-hetero) is 1. The number of nitro benzene ring substituents is 1. The highest BCUT2D eigenvalue weighted by atomic mass is 32.1. The van der Waals surface area contributed by atoms with Gasteiger partial charge in [-0.15, -0.1) is 0 Å². The van der Waals surface area contributed by atoms with Crippen LogP contribution in [0.5, 0.6) is 0 Å². The van der Waals surface area contributed by atoms with Crippen LogP contribution in [0.1, 0.15) is 26.7 Å². The summed E-state index contributed by atoms with van der Waals surface area (Å²) in [6.07, 6.45) is 0.661. The van der Waals surface area contributed by atoms with Crippen LogP contribution >= 0.6 is 12.2 Å². The Hall–Kier alpha value is -2.28. The zero-order valence-corrected chi connectivity index (χ0v) is 13.1. The molecular weight excluding hydrogens is 304 g/mol. The van der Waals surface area contributed by atoms with Gasteiger partial charge in [0.15, 0.2) is 5.78 Å². The number of ketones is 1. The number of aliphatic hydroxyl groups excluding tert-OH is 1. The van der Waals surface area contributed by atoms with Crippen molar-refractivity contribution >= 4 is 34.4 Å². The van der Waals surface area contributed by atoms with Gasteiger partial charge < -0.3 is 10.4 Å². The van der Waals surface area contributed by atoms with Crippen molar-refractivity contribution in [3.63, 3.8) is 0 Å². The monoisotopic (exact) mass is 320 g/mol. The Kier molecular flexibility index (Phi) is 4.27. The average Bonchev–Trinajstić information content (AvgIpc) is 2.36. The largest absolute Gasteiger partial charge is 0.511 e. The summed E-state index contributed by atoms with van der Waals surface area (Å²) in [5.74, 6) is -0.263. The normalized spacial score (nSPS) is 17.3. The molecule has 0 unspecified atom stereocenters. The van der Waals surface area contributed by atoms with Crippen LogP contribution in [0.2, 0.25) is 0 Å². The molecule has 0 spiro atoms. The molecule has 2 N–H and O–H groups in total. The van der Waals surface area contributed by atoms with E-state index in [1.807, 2.05) is 13.8 Å². The lowest BCUT2D eigenvalue weighted by Crippen LogP contribution is -2.31. The number of nitro groups is 1. The lowest BCUT2D eigenvalue weighted by Gasteiger charge is -2.29. The smallest absolute Gasteiger partial charge is 0.271 e. The predicted octanol–water partition coefficient (Wildman–Crippen LogP) is 3.54. The maximum atomic E-state index is 12.2. The summed E-state index contributed by atoms with van der Waals surface area (Å²) in [6, 6.07) is 5.80. The molecule has 1 aliphatic rings. The molecule has 0 amide bonds. The highest BCUT2D eigenvalue weighted by Crippen LogP contribution is 2.36. The summed E-state index contributed by atoms with van der Waals surface area (Å²) in [6.45, 7) is 3.80. The van der Waals surface area contributed by atoms with Crippen LogP contribution in [0.15, 0.2) is 35.6 Å². The summed E-state index contributed by atoms with van der Waals surface area (Å²) in [5.41, 5.74) is 0.117. The first kappa shape index (κ1) is 16.1. The number of benzene rings is 1. The number of hydrogen-bond acceptors (Lipinski definition) is 5. The molecule has 6 nitrogen and oxygen atoms in total. The molecule has 0 fully saturated rings. The van der Waals surface area contributed by atoms with Gasteiger partial charge in [-0.3, -0.25) is 14.9 Å². The van der Waals surface area contributed by atoms with Crippen LogP contribution in [0.25, 0.3) is 0 Å². The van der Waals surface area contributed by atoms with Crippen molar-refractivity contribution in [3.05, 3.63) is 45.7 Å². The number of thiocarbonyl (C=S) groups is 1. The van der Waals surface area contributed by atoms with Gasteiger partial charge in [0.1, 0.15) is 10.7 Å². The third kappa shape index (κ3) is 3.48. The first-order valence-corrected chi connectivity index (χ1v) is 7.11. The Balaban J connectivity index is 2.24. The number of nitrogens with zero attached hydrogens (tertiary/aromatic N) is 1. The van der Waals surface area contributed by atoms with E-state index in [-0.39, 0.29) is 33.2 Å². The number of non-ortho nitro benzene ring substituents is 1. The van der Waals surface area contributed by atoms with Gasteiger partial charge in [0.2, 0.25) is 0 Å². The molecule has 1 aliphatic carbocycles. The number of carbonyl (C=O) groups excluding carboxylic acids is 1. The first-order chi connectivity index (χ1) is 10.2. The molecule has 0 bridgehead atoms. The van der Waals surface area contributed by atoms with E-state index >= 15 is 0 Å². The summed E-state index contributed by atoms with van der Waals surface area (Å²) < 4.78 is 0. The second-order valence-corrected chi connectivity index (χ2v) is 6.43. The summed E-state index contributed by atoms with van der Waals surface area (Å²) in [4.78, 5) is 22.5. The van der Waals surface area contributed by atoms with Crippen LogP contribution in [0.4, 0.5) is 11.4 Å². The van der Waals surface area contributed by atoms with Crippen molar-refractivity contribution in [1.82, 2.24) is 0 Å². The van der Waals surface area contributed by atoms with Crippen molar-refractivity contribution in [3.8, 4) is 0 Å². The zero-order valence-electron chi connectivity index (χ0n) is 12.3. The van der Waals surface area contributed by atoms with Gasteiger partial charge in [0.25, 0.3) is 5.69 Å². The van der Waals surface area contributed by atoms with E-state index in [0.717, 1.165) is 0 Å². The molecule has 22 heavy (non-hydrogen) atoms. The van der Waals surface area contributed by atoms with Gasteiger partial charge in [-0.25, -0.2) is 0 Å². The second-order valence-electron chi connectivity index (χ2n) is 6.02. The molecule has 0 saturated heterocycles. The highest BCUT2D eigenvalue weighted by Gasteiger charge is 2.34. The fraction of sp³-hybridized carbons (Fsp3) is 0.333. The lowest BCUT2D eigenvalue weighted by molar-refractivity contribution is -0.384. The molecule has 0 radical (unpaired) electrons. The van der Waals surface area contributed by atoms with E-state index in [4.69, 9.17) is 12.2 Å². The molecule has 1 aromatic rings. The molecule has 1 aromatic carbocycles. The van der Waals surface area contributed by atoms with Crippen LogP contribution in [0, 0.1) is 15.5 Å². The number of carbonyl (C=O) groups is 1. The number of allylic oxidation sites excluding steroid dienone is 1. The van der Waals surface area contributed by atoms with E-state index in [1.165, 1.54) is 18.2 Å². The zero-order chi connectivity index (χ0) is 16.5. The van der Waals surface area contributed by atoms with Crippen LogP contribution in [0.3, 0.4) is 0 Å². The Bertz CT molecular complexity index is 695. The molecule has 0 aliphatic heterocycles. The van der Waals surface area contributed by atoms with Gasteiger partial charge >= 0.3 is 0 Å². The van der Waals surface area contributed by atoms with Crippen LogP contribution in [-0.4, -0.2) is 20.8 Å². The molecule has 0 saturated carbocycles. The van der Waals surface area contributed by atoms with Gasteiger partial charge in [0.05, 0.1) is 10.5 Å². The van der Waals surface area contributed by atoms with Crippen molar-refractivity contribution < 1.29 is 14.8 Å². The molecule has 0 aromatic heterocycles. The van der Waals surface area contributed by atoms with Crippen molar-refractivity contribution in [1.29, 1.82) is 0 Å². The van der Waals surface area contributed by atoms with Crippen molar-refractivity contribution in [2.45, 2.75) is 26.7 Å². The van der Waals surface area contributed by atoms with Crippen LogP contribution in [-0.2, 0) is 4.79 Å². The quantitative estimate of drug-likeness (QED) is 0.503. The number of anilines is 1. The Labute approximate surface area is 133 Å². The van der Waals surface area contributed by atoms with Crippen LogP contribution < -0.4 is 5.32 Å². The SMILES string of the molecule is CC1(C)CC(=O)C(C(=S)Nc2cccc([N+](=O)[O-])c2)=C(O)C1. The Morgan fingerprint density at radius 3 is 2.68 bits per heavy atom. The van der Waals surface area contributed by atoms with Gasteiger partial charge in [-0.1, -0.05) is 32.1 Å². The molecule has 0 heterocycles. The Morgan fingerprint density at radius 2 is 2.09 bits per heavy atom. The van der Waals surface area contributed by atoms with Crippen molar-refractivity contribution in [2.75, 3.05) is 5.32 Å². The number of nitrogens with one attached hydrogen (secondary N) is 1. The maximum Gasteiger partial charge on any atom is 0.271 e. The lowest BCUT2D eigenvalue weighted by atomic mass is 9.76. The number of rotatable bonds is 3. The minimum atomic E-state index is -0.515. The summed E-state index contributed by atoms with van der Waals surface area (Å²) in [7, 11) is 0. The molecule has 7 heteroatoms. The maximum absolute atomic E-state index is 12.2. The third-order valence-corrected chi connectivity index (χ3v) is 3.70. The van der Waals surface area contributed by atoms with Crippen molar-refractivity contribution in [2.24, 2.45) is 5.41 Å². The predicted molar refractivity (Wildman–Crippen MR) is 87.0 cm³/mol. The van der Waals surface area contributed by atoms with Gasteiger partial charge in [0, 0.05) is 30.7 Å². The van der Waals surface area contributed by atoms with E-state index in [1.54, 1.807) is 6.07 Å². The number of hydrogen-bond donors (Lipinski definition) is 2. The average molecular weight is 320 g/mol. The highest BCUT2D eigenvalue weighted by molar-refractivity contribution is 7.81. The fourth-order valence-electron chi connectivity index (χ4n) is 2.44. The first-order valence-electron chi connectivity index (χ1n) is 6.71. The molecule has 0 atom stereocenters. The molecule has 116 valence electrons. The van der Waals surface area contributed by atoms with Gasteiger partial charge in [-0.2, -0.15) is 0 Å². The molecular formula is C15H16N2O4S. The van der Waals surface area contributed by atoms with E-state index in [2.05, 4.69) is 5.32 Å². The topological polar surface area (TPSA) is 92.5 Å². The Morgan fingerprint density at radius 1 is 1.41 bits per heavy atom. The van der Waals surface area contributed by atoms with Gasteiger partial charge in [-0.05, 0) is 11.5 Å². The van der Waals surface area contributed by atoms with E-state index in [9.17, 15) is 20.0 Å². The van der Waals surface area contributed by atoms with E-state index < -0.39 is 4.92 Å². The summed E-state index contributed by atoms with van der Waals surface area (Å²) >= 11 is 5.17. The summed E-state index contributed by atoms with van der Waals surface area (Å²) in [5, 5.41) is 23.6. The number of aliphatic hydroxyl groups is 1. The third-order valence-electron chi connectivity index (χ3n) is 3.39. The minimum Gasteiger partial charge on any atom is -0.511 e. The second kappa shape index (κ2) is 5.84. The standard InChI is InChI=1S/C15H16N2O4S/c1-15(2)7-11(18)13(12(19)8-15)14(22)16-9-4-3-5-10(6-9)17(20)21/h3-6,18H,7-8H2,1-2H3,(H,16,22). The minimum absolute atomic E-state index is 0.0378. The molecule has 2 rings (SSSR count).